The molecule has 0 spiro atoms. The summed E-state index contributed by atoms with van der Waals surface area (Å²) in [6.45, 7) is 2.84. The molecule has 3 amide bonds. The van der Waals surface area contributed by atoms with E-state index in [2.05, 4.69) is 10.6 Å². The highest BCUT2D eigenvalue weighted by molar-refractivity contribution is 5.92. The van der Waals surface area contributed by atoms with Gasteiger partial charge in [-0.2, -0.15) is 0 Å². The van der Waals surface area contributed by atoms with Crippen LogP contribution in [0.4, 0.5) is 13.6 Å². The zero-order valence-corrected chi connectivity index (χ0v) is 26.0. The van der Waals surface area contributed by atoms with Gasteiger partial charge in [0, 0.05) is 50.5 Å². The fraction of sp³-hybridized carbons (Fsp3) is 0.559. The summed E-state index contributed by atoms with van der Waals surface area (Å²) in [6, 6.07) is 13.9. The number of carbonyl (C=O) groups is 3. The molecule has 10 nitrogen and oxygen atoms in total. The van der Waals surface area contributed by atoms with Crippen LogP contribution in [0.1, 0.15) is 62.6 Å². The molecule has 4 aliphatic rings. The van der Waals surface area contributed by atoms with E-state index < -0.39 is 54.4 Å². The van der Waals surface area contributed by atoms with Gasteiger partial charge in [0.05, 0.1) is 18.2 Å². The first kappa shape index (κ1) is 32.2. The van der Waals surface area contributed by atoms with Gasteiger partial charge in [-0.3, -0.25) is 14.5 Å². The molecule has 0 aromatic heterocycles. The molecule has 248 valence electrons. The standard InChI is InChI=1S/C34H42F2N4O6/c1-33(44)17-24-18-40(27(19-39(24)21-33)30(41)37-26-13-16-45-28-10-6-5-9-25(26)28)31(42)29(23-11-14-34(35,36)15-12-23)38-32(43)46-20-22-7-3-2-4-8-22/h2-10,23-24,26-27,29,44H,11-21H2,1H3,(H,37,41)(H,38,43)/t24-,26-,27+,29+,33-/m1/s1. The minimum atomic E-state index is -2.83. The van der Waals surface area contributed by atoms with Crippen LogP contribution in [0.25, 0.3) is 0 Å². The van der Waals surface area contributed by atoms with Crippen molar-refractivity contribution in [1.29, 1.82) is 0 Å². The Balaban J connectivity index is 1.24. The average Bonchev–Trinajstić information content (AvgIpc) is 3.35. The molecular formula is C34H42F2N4O6. The Bertz CT molecular complexity index is 1420. The second-order valence-electron chi connectivity index (χ2n) is 13.4. The molecule has 6 rings (SSSR count). The molecule has 3 N–H and O–H groups in total. The van der Waals surface area contributed by atoms with Crippen LogP contribution in [-0.4, -0.2) is 88.7 Å². The number of nitrogens with zero attached hydrogens (tertiary/aromatic N) is 2. The first-order valence-corrected chi connectivity index (χ1v) is 16.1. The molecule has 3 aliphatic heterocycles. The lowest BCUT2D eigenvalue weighted by molar-refractivity contribution is -0.149. The quantitative estimate of drug-likeness (QED) is 0.422. The molecule has 46 heavy (non-hydrogen) atoms. The Labute approximate surface area is 267 Å². The third-order valence-corrected chi connectivity index (χ3v) is 9.77. The lowest BCUT2D eigenvalue weighted by Gasteiger charge is -2.45. The molecule has 1 aliphatic carbocycles. The summed E-state index contributed by atoms with van der Waals surface area (Å²) in [5, 5.41) is 16.7. The van der Waals surface area contributed by atoms with Gasteiger partial charge in [0.15, 0.2) is 0 Å². The van der Waals surface area contributed by atoms with Gasteiger partial charge in [-0.1, -0.05) is 48.5 Å². The number of carbonyl (C=O) groups excluding carboxylic acids is 3. The van der Waals surface area contributed by atoms with Gasteiger partial charge in [0.25, 0.3) is 0 Å². The number of hydrogen-bond acceptors (Lipinski definition) is 7. The molecule has 0 bridgehead atoms. The summed E-state index contributed by atoms with van der Waals surface area (Å²) in [7, 11) is 0. The SMILES string of the molecule is C[C@@]1(O)C[C@@H]2CN(C(=O)[C@@H](NC(=O)OCc3ccccc3)C3CCC(F)(F)CC3)[C@H](C(=O)N[C@@H]3CCOc4ccccc43)CN2C1. The summed E-state index contributed by atoms with van der Waals surface area (Å²) >= 11 is 0. The van der Waals surface area contributed by atoms with Crippen molar-refractivity contribution in [1.82, 2.24) is 20.4 Å². The van der Waals surface area contributed by atoms with Gasteiger partial charge < -0.3 is 30.1 Å². The van der Waals surface area contributed by atoms with E-state index in [4.69, 9.17) is 9.47 Å². The fourth-order valence-corrected chi connectivity index (χ4v) is 7.41. The summed E-state index contributed by atoms with van der Waals surface area (Å²) in [5.74, 6) is -3.57. The van der Waals surface area contributed by atoms with Gasteiger partial charge in [0.1, 0.15) is 24.4 Å². The molecular weight excluding hydrogens is 598 g/mol. The summed E-state index contributed by atoms with van der Waals surface area (Å²) in [5.41, 5.74) is 0.619. The number of nitrogens with one attached hydrogen (secondary N) is 2. The van der Waals surface area contributed by atoms with Crippen LogP contribution in [0.5, 0.6) is 5.75 Å². The second kappa shape index (κ2) is 13.2. The van der Waals surface area contributed by atoms with Gasteiger partial charge >= 0.3 is 6.09 Å². The molecule has 2 aromatic carbocycles. The highest BCUT2D eigenvalue weighted by Gasteiger charge is 2.50. The highest BCUT2D eigenvalue weighted by Crippen LogP contribution is 2.39. The normalized spacial score (nSPS) is 28.3. The van der Waals surface area contributed by atoms with Crippen LogP contribution >= 0.6 is 0 Å². The molecule has 1 saturated carbocycles. The minimum absolute atomic E-state index is 0.0240. The van der Waals surface area contributed by atoms with Crippen LogP contribution in [-0.2, 0) is 20.9 Å². The molecule has 0 radical (unpaired) electrons. The van der Waals surface area contributed by atoms with Crippen LogP contribution in [0.3, 0.4) is 0 Å². The van der Waals surface area contributed by atoms with Crippen LogP contribution in [0.15, 0.2) is 54.6 Å². The van der Waals surface area contributed by atoms with E-state index in [0.29, 0.717) is 31.7 Å². The van der Waals surface area contributed by atoms with Crippen molar-refractivity contribution >= 4 is 17.9 Å². The number of halogens is 2. The number of para-hydroxylation sites is 1. The van der Waals surface area contributed by atoms with E-state index in [0.717, 1.165) is 11.1 Å². The van der Waals surface area contributed by atoms with Gasteiger partial charge in [-0.05, 0) is 43.7 Å². The Morgan fingerprint density at radius 1 is 1.04 bits per heavy atom. The topological polar surface area (TPSA) is 120 Å². The molecule has 2 aromatic rings. The van der Waals surface area contributed by atoms with Crippen molar-refractivity contribution in [3.63, 3.8) is 0 Å². The van der Waals surface area contributed by atoms with Gasteiger partial charge in [0.2, 0.25) is 17.7 Å². The number of benzene rings is 2. The van der Waals surface area contributed by atoms with E-state index >= 15 is 0 Å². The van der Waals surface area contributed by atoms with E-state index in [-0.39, 0.29) is 50.5 Å². The molecule has 12 heteroatoms. The van der Waals surface area contributed by atoms with Crippen LogP contribution in [0, 0.1) is 5.92 Å². The lowest BCUT2D eigenvalue weighted by atomic mass is 9.81. The number of alkyl halides is 2. The van der Waals surface area contributed by atoms with E-state index in [1.165, 1.54) is 4.90 Å². The monoisotopic (exact) mass is 640 g/mol. The zero-order valence-electron chi connectivity index (χ0n) is 26.0. The number of amides is 3. The zero-order chi connectivity index (χ0) is 32.5. The molecule has 0 unspecified atom stereocenters. The van der Waals surface area contributed by atoms with Gasteiger partial charge in [-0.25, -0.2) is 13.6 Å². The summed E-state index contributed by atoms with van der Waals surface area (Å²) < 4.78 is 39.6. The van der Waals surface area contributed by atoms with Crippen molar-refractivity contribution in [3.8, 4) is 5.75 Å². The maximum Gasteiger partial charge on any atom is 0.408 e. The number of fused-ring (bicyclic) bond motifs is 2. The van der Waals surface area contributed by atoms with E-state index in [1.807, 2.05) is 47.4 Å². The van der Waals surface area contributed by atoms with Crippen molar-refractivity contribution in [2.24, 2.45) is 5.92 Å². The lowest BCUT2D eigenvalue weighted by Crippen LogP contribution is -2.66. The van der Waals surface area contributed by atoms with Crippen molar-refractivity contribution in [2.75, 3.05) is 26.2 Å². The maximum absolute atomic E-state index is 14.5. The number of aliphatic hydroxyl groups is 1. The number of hydrogen-bond donors (Lipinski definition) is 3. The van der Waals surface area contributed by atoms with E-state index in [9.17, 15) is 28.3 Å². The molecule has 3 fully saturated rings. The number of piperazine rings is 1. The summed E-state index contributed by atoms with van der Waals surface area (Å²) in [6.07, 6.45) is -0.583. The molecule has 3 heterocycles. The molecule has 2 saturated heterocycles. The molecule has 5 atom stereocenters. The Morgan fingerprint density at radius 2 is 1.76 bits per heavy atom. The third-order valence-electron chi connectivity index (χ3n) is 9.77. The average molecular weight is 641 g/mol. The second-order valence-corrected chi connectivity index (χ2v) is 13.4. The third kappa shape index (κ3) is 7.28. The number of rotatable bonds is 7. The van der Waals surface area contributed by atoms with Gasteiger partial charge in [-0.15, -0.1) is 0 Å². The number of ether oxygens (including phenoxy) is 2. The van der Waals surface area contributed by atoms with Crippen LogP contribution < -0.4 is 15.4 Å². The van der Waals surface area contributed by atoms with Crippen molar-refractivity contribution in [3.05, 3.63) is 65.7 Å². The maximum atomic E-state index is 14.5. The van der Waals surface area contributed by atoms with Crippen LogP contribution in [0.2, 0.25) is 0 Å². The Hall–Kier alpha value is -3.77. The summed E-state index contributed by atoms with van der Waals surface area (Å²) in [4.78, 5) is 45.1. The predicted molar refractivity (Wildman–Crippen MR) is 164 cm³/mol. The predicted octanol–water partition coefficient (Wildman–Crippen LogP) is 3.78. The minimum Gasteiger partial charge on any atom is -0.493 e. The van der Waals surface area contributed by atoms with E-state index in [1.54, 1.807) is 19.1 Å². The first-order chi connectivity index (χ1) is 22.0. The first-order valence-electron chi connectivity index (χ1n) is 16.1. The van der Waals surface area contributed by atoms with Crippen molar-refractivity contribution < 1.29 is 37.7 Å². The smallest absolute Gasteiger partial charge is 0.408 e. The number of alkyl carbamates (subject to hydrolysis) is 1. The Morgan fingerprint density at radius 3 is 2.52 bits per heavy atom. The fourth-order valence-electron chi connectivity index (χ4n) is 7.41. The highest BCUT2D eigenvalue weighted by atomic mass is 19.3. The van der Waals surface area contributed by atoms with Crippen molar-refractivity contribution in [2.45, 2.75) is 87.7 Å². The Kier molecular flexibility index (Phi) is 9.20. The largest absolute Gasteiger partial charge is 0.493 e.